The highest BCUT2D eigenvalue weighted by Crippen LogP contribution is 2.50. The molecular weight excluding hydrogens is 475 g/mol. The van der Waals surface area contributed by atoms with E-state index in [-0.39, 0.29) is 0 Å². The van der Waals surface area contributed by atoms with Gasteiger partial charge in [-0.2, -0.15) is 0 Å². The van der Waals surface area contributed by atoms with Gasteiger partial charge in [-0.3, -0.25) is 0 Å². The Morgan fingerprint density at radius 2 is 1.46 bits per heavy atom. The maximum Gasteiger partial charge on any atom is 0.198 e. The zero-order valence-electron chi connectivity index (χ0n) is 21.3. The van der Waals surface area contributed by atoms with Crippen LogP contribution in [0.4, 0.5) is 17.1 Å². The molecule has 0 unspecified atom stereocenters. The lowest BCUT2D eigenvalue weighted by atomic mass is 9.58. The van der Waals surface area contributed by atoms with Gasteiger partial charge in [-0.15, -0.1) is 0 Å². The number of para-hydroxylation sites is 4. The van der Waals surface area contributed by atoms with Gasteiger partial charge in [0.1, 0.15) is 0 Å². The lowest BCUT2D eigenvalue weighted by Crippen LogP contribution is -2.42. The summed E-state index contributed by atoms with van der Waals surface area (Å²) < 4.78 is 6.34. The molecule has 181 valence electrons. The molecule has 0 amide bonds. The Balaban J connectivity index is 1.34. The van der Waals surface area contributed by atoms with E-state index in [0.717, 1.165) is 28.3 Å². The van der Waals surface area contributed by atoms with E-state index in [2.05, 4.69) is 127 Å². The van der Waals surface area contributed by atoms with Crippen molar-refractivity contribution >= 4 is 67.8 Å². The molecule has 1 radical (unpaired) electrons. The first-order chi connectivity index (χ1) is 19.2. The summed E-state index contributed by atoms with van der Waals surface area (Å²) in [6, 6.07) is 39.1. The molecule has 6 aromatic carbocycles. The minimum absolute atomic E-state index is 0.878. The summed E-state index contributed by atoms with van der Waals surface area (Å²) in [5.74, 6) is 1.77. The van der Waals surface area contributed by atoms with E-state index in [1.807, 2.05) is 6.07 Å². The Morgan fingerprint density at radius 3 is 2.38 bits per heavy atom. The SMILES string of the molecule is Cc1cc(-c2cccc3c2[nH]c2cc4ccccc4cc23)c2c(c1)N1c3ccccc3Oc3cccc(c31)[B]2. The predicted octanol–water partition coefficient (Wildman–Crippen LogP) is 7.99. The van der Waals surface area contributed by atoms with Crippen molar-refractivity contribution in [2.24, 2.45) is 0 Å². The fraction of sp³-hybridized carbons (Fsp3) is 0.0286. The number of rotatable bonds is 1. The van der Waals surface area contributed by atoms with Gasteiger partial charge in [0.25, 0.3) is 0 Å². The number of nitrogens with one attached hydrogen (secondary N) is 1. The maximum absolute atomic E-state index is 6.34. The van der Waals surface area contributed by atoms with E-state index < -0.39 is 0 Å². The van der Waals surface area contributed by atoms with Crippen molar-refractivity contribution in [2.45, 2.75) is 6.92 Å². The van der Waals surface area contributed by atoms with Crippen LogP contribution in [0, 0.1) is 6.92 Å². The molecule has 0 aliphatic carbocycles. The molecule has 2 aliphatic rings. The lowest BCUT2D eigenvalue weighted by molar-refractivity contribution is 0.477. The van der Waals surface area contributed by atoms with Gasteiger partial charge in [0.15, 0.2) is 18.8 Å². The molecule has 0 saturated heterocycles. The third-order valence-electron chi connectivity index (χ3n) is 8.21. The number of hydrogen-bond donors (Lipinski definition) is 1. The molecule has 0 bridgehead atoms. The Bertz CT molecular complexity index is 2160. The molecule has 7 aromatic rings. The molecule has 0 atom stereocenters. The number of aromatic nitrogens is 1. The van der Waals surface area contributed by atoms with Crippen LogP contribution in [0.1, 0.15) is 5.56 Å². The van der Waals surface area contributed by atoms with E-state index >= 15 is 0 Å². The number of aryl methyl sites for hydroxylation is 1. The summed E-state index contributed by atoms with van der Waals surface area (Å²) in [6.45, 7) is 2.19. The number of nitrogens with zero attached hydrogens (tertiary/aromatic N) is 1. The molecule has 3 nitrogen and oxygen atoms in total. The average Bonchev–Trinajstić information content (AvgIpc) is 3.33. The number of hydrogen-bond acceptors (Lipinski definition) is 2. The van der Waals surface area contributed by atoms with Gasteiger partial charge in [-0.1, -0.05) is 78.3 Å². The van der Waals surface area contributed by atoms with E-state index in [1.165, 1.54) is 60.4 Å². The highest BCUT2D eigenvalue weighted by Gasteiger charge is 2.34. The normalized spacial score (nSPS) is 13.1. The third-order valence-corrected chi connectivity index (χ3v) is 8.21. The van der Waals surface area contributed by atoms with E-state index in [1.54, 1.807) is 0 Å². The third kappa shape index (κ3) is 2.89. The van der Waals surface area contributed by atoms with Crippen molar-refractivity contribution in [3.63, 3.8) is 0 Å². The van der Waals surface area contributed by atoms with E-state index in [9.17, 15) is 0 Å². The summed E-state index contributed by atoms with van der Waals surface area (Å²) in [5, 5.41) is 5.01. The molecular formula is C35H22BN2O. The van der Waals surface area contributed by atoms with Crippen molar-refractivity contribution in [3.05, 3.63) is 115 Å². The number of benzene rings is 6. The molecule has 0 spiro atoms. The second-order valence-electron chi connectivity index (χ2n) is 10.6. The fourth-order valence-corrected chi connectivity index (χ4v) is 6.53. The molecule has 1 N–H and O–H groups in total. The predicted molar refractivity (Wildman–Crippen MR) is 163 cm³/mol. The number of fused-ring (bicyclic) bond motifs is 8. The first kappa shape index (κ1) is 21.0. The molecule has 4 heteroatoms. The van der Waals surface area contributed by atoms with Gasteiger partial charge in [0, 0.05) is 27.5 Å². The van der Waals surface area contributed by atoms with Gasteiger partial charge in [-0.25, -0.2) is 0 Å². The quantitative estimate of drug-likeness (QED) is 0.233. The Hall–Kier alpha value is -4.96. The minimum Gasteiger partial charge on any atom is -0.453 e. The highest BCUT2D eigenvalue weighted by atomic mass is 16.5. The van der Waals surface area contributed by atoms with Gasteiger partial charge in [-0.05, 0) is 70.7 Å². The summed E-state index contributed by atoms with van der Waals surface area (Å²) >= 11 is 0. The fourth-order valence-electron chi connectivity index (χ4n) is 6.53. The van der Waals surface area contributed by atoms with E-state index in [4.69, 9.17) is 4.74 Å². The number of H-pyrrole nitrogens is 1. The lowest BCUT2D eigenvalue weighted by Gasteiger charge is -2.39. The first-order valence-corrected chi connectivity index (χ1v) is 13.4. The second kappa shape index (κ2) is 7.55. The van der Waals surface area contributed by atoms with Crippen LogP contribution >= 0.6 is 0 Å². The molecule has 0 saturated carbocycles. The van der Waals surface area contributed by atoms with Gasteiger partial charge in [0.2, 0.25) is 0 Å². The Labute approximate surface area is 226 Å². The van der Waals surface area contributed by atoms with Gasteiger partial charge in [0.05, 0.1) is 16.9 Å². The number of anilines is 3. The van der Waals surface area contributed by atoms with Crippen molar-refractivity contribution < 1.29 is 4.74 Å². The topological polar surface area (TPSA) is 28.3 Å². The summed E-state index contributed by atoms with van der Waals surface area (Å²) in [4.78, 5) is 6.18. The minimum atomic E-state index is 0.878. The molecule has 39 heavy (non-hydrogen) atoms. The Morgan fingerprint density at radius 1 is 0.667 bits per heavy atom. The van der Waals surface area contributed by atoms with Crippen LogP contribution < -0.4 is 20.6 Å². The second-order valence-corrected chi connectivity index (χ2v) is 10.6. The molecule has 3 heterocycles. The zero-order chi connectivity index (χ0) is 25.7. The standard InChI is InChI=1S/C35H22BN2O/c1-20-16-26(24-11-6-10-23-25-18-21-8-2-3-9-22(21)19-28(25)37-34(23)24)33-30(17-20)38-29-13-4-5-14-31(29)39-32-15-7-12-27(36-33)35(32)38/h2-19,37H,1H3. The summed E-state index contributed by atoms with van der Waals surface area (Å²) in [5.41, 5.74) is 11.7. The Kier molecular flexibility index (Phi) is 4.07. The van der Waals surface area contributed by atoms with Crippen molar-refractivity contribution in [3.8, 4) is 22.6 Å². The van der Waals surface area contributed by atoms with Crippen LogP contribution in [0.3, 0.4) is 0 Å². The summed E-state index contributed by atoms with van der Waals surface area (Å²) in [6.07, 6.45) is 0. The average molecular weight is 497 g/mol. The number of aromatic amines is 1. The van der Waals surface area contributed by atoms with Crippen molar-refractivity contribution in [1.82, 2.24) is 4.98 Å². The van der Waals surface area contributed by atoms with Crippen LogP contribution in [-0.2, 0) is 0 Å². The van der Waals surface area contributed by atoms with Gasteiger partial charge < -0.3 is 14.6 Å². The summed E-state index contributed by atoms with van der Waals surface area (Å²) in [7, 11) is 2.33. The number of ether oxygens (including phenoxy) is 1. The van der Waals surface area contributed by atoms with Gasteiger partial charge >= 0.3 is 0 Å². The van der Waals surface area contributed by atoms with E-state index in [0.29, 0.717) is 0 Å². The molecule has 0 fully saturated rings. The maximum atomic E-state index is 6.34. The van der Waals surface area contributed by atoms with Crippen LogP contribution in [-0.4, -0.2) is 12.3 Å². The highest BCUT2D eigenvalue weighted by molar-refractivity contribution is 6.73. The van der Waals surface area contributed by atoms with Crippen LogP contribution in [0.15, 0.2) is 109 Å². The van der Waals surface area contributed by atoms with Crippen LogP contribution in [0.25, 0.3) is 43.7 Å². The van der Waals surface area contributed by atoms with Crippen molar-refractivity contribution in [2.75, 3.05) is 4.90 Å². The zero-order valence-corrected chi connectivity index (χ0v) is 21.3. The van der Waals surface area contributed by atoms with Crippen LogP contribution in [0.2, 0.25) is 0 Å². The van der Waals surface area contributed by atoms with Crippen molar-refractivity contribution in [1.29, 1.82) is 0 Å². The largest absolute Gasteiger partial charge is 0.453 e. The van der Waals surface area contributed by atoms with Crippen LogP contribution in [0.5, 0.6) is 11.5 Å². The smallest absolute Gasteiger partial charge is 0.198 e. The molecule has 1 aromatic heterocycles. The molecule has 2 aliphatic heterocycles. The monoisotopic (exact) mass is 497 g/mol. The first-order valence-electron chi connectivity index (χ1n) is 13.4. The molecule has 9 rings (SSSR count).